The van der Waals surface area contributed by atoms with Crippen molar-refractivity contribution in [3.05, 3.63) is 0 Å². The van der Waals surface area contributed by atoms with Gasteiger partial charge in [-0.2, -0.15) is 0 Å². The fourth-order valence-electron chi connectivity index (χ4n) is 2.07. The number of rotatable bonds is 5. The molecule has 0 amide bonds. The van der Waals surface area contributed by atoms with Crippen LogP contribution in [-0.2, 0) is 19.1 Å². The largest absolute Gasteiger partial charge is 0.481 e. The summed E-state index contributed by atoms with van der Waals surface area (Å²) in [6, 6.07) is 0. The normalized spacial score (nSPS) is 18.9. The average Bonchev–Trinajstić information content (AvgIpc) is 2.27. The Morgan fingerprint density at radius 1 is 1.21 bits per heavy atom. The zero-order chi connectivity index (χ0) is 14.5. The number of hydrogen-bond donors (Lipinski definition) is 1. The first kappa shape index (κ1) is 16.0. The first-order valence-corrected chi connectivity index (χ1v) is 6.86. The van der Waals surface area contributed by atoms with E-state index in [-0.39, 0.29) is 11.5 Å². The zero-order valence-corrected chi connectivity index (χ0v) is 12.0. The minimum atomic E-state index is -1.18. The number of carboxylic acids is 1. The molecule has 1 aliphatic rings. The van der Waals surface area contributed by atoms with Crippen molar-refractivity contribution in [2.24, 2.45) is 5.41 Å². The maximum atomic E-state index is 11.5. The summed E-state index contributed by atoms with van der Waals surface area (Å²) < 4.78 is 11.1. The molecule has 5 nitrogen and oxygen atoms in total. The van der Waals surface area contributed by atoms with E-state index in [1.54, 1.807) is 0 Å². The second kappa shape index (κ2) is 6.89. The van der Waals surface area contributed by atoms with Gasteiger partial charge in [0.25, 0.3) is 0 Å². The number of carboxylic acid groups (broad SMARTS) is 1. The predicted molar refractivity (Wildman–Crippen MR) is 69.5 cm³/mol. The number of carbonyl (C=O) groups is 2. The fraction of sp³-hybridized carbons (Fsp3) is 0.857. The Hall–Kier alpha value is -1.10. The highest BCUT2D eigenvalue weighted by Gasteiger charge is 2.32. The predicted octanol–water partition coefficient (Wildman–Crippen LogP) is 2.73. The lowest BCUT2D eigenvalue weighted by molar-refractivity contribution is -0.222. The first-order valence-electron chi connectivity index (χ1n) is 6.86. The molecule has 0 spiro atoms. The Morgan fingerprint density at radius 2 is 1.79 bits per heavy atom. The van der Waals surface area contributed by atoms with E-state index in [0.717, 1.165) is 25.7 Å². The van der Waals surface area contributed by atoms with Crippen molar-refractivity contribution in [2.45, 2.75) is 71.7 Å². The van der Waals surface area contributed by atoms with Gasteiger partial charge in [-0.05, 0) is 12.8 Å². The van der Waals surface area contributed by atoms with Crippen molar-refractivity contribution in [1.29, 1.82) is 0 Å². The summed E-state index contributed by atoms with van der Waals surface area (Å²) in [6.45, 7) is 5.73. The van der Waals surface area contributed by atoms with E-state index in [1.807, 2.05) is 20.8 Å². The third kappa shape index (κ3) is 6.05. The molecule has 0 aromatic carbocycles. The highest BCUT2D eigenvalue weighted by molar-refractivity contribution is 5.90. The molecule has 1 fully saturated rings. The van der Waals surface area contributed by atoms with E-state index in [4.69, 9.17) is 14.6 Å². The number of carbonyl (C=O) groups excluding carboxylic acids is 1. The Balaban J connectivity index is 2.56. The standard InChI is InChI=1S/C14H24O5/c1-14(2,3)13(19-12(17)9-11(15)16)18-10-7-5-4-6-8-10/h10,13H,4-9H2,1-3H3,(H,15,16). The van der Waals surface area contributed by atoms with Gasteiger partial charge in [0.1, 0.15) is 6.42 Å². The van der Waals surface area contributed by atoms with Gasteiger partial charge >= 0.3 is 11.9 Å². The second-order valence-corrected chi connectivity index (χ2v) is 6.15. The van der Waals surface area contributed by atoms with E-state index in [1.165, 1.54) is 6.42 Å². The third-order valence-electron chi connectivity index (χ3n) is 3.11. The van der Waals surface area contributed by atoms with E-state index >= 15 is 0 Å². The molecule has 5 heteroatoms. The van der Waals surface area contributed by atoms with Gasteiger partial charge in [0.05, 0.1) is 6.10 Å². The maximum Gasteiger partial charge on any atom is 0.319 e. The molecule has 1 aliphatic carbocycles. The topological polar surface area (TPSA) is 72.8 Å². The Labute approximate surface area is 114 Å². The van der Waals surface area contributed by atoms with Gasteiger partial charge in [-0.1, -0.05) is 40.0 Å². The van der Waals surface area contributed by atoms with Crippen LogP contribution in [0.3, 0.4) is 0 Å². The molecule has 0 heterocycles. The molecule has 0 radical (unpaired) electrons. The van der Waals surface area contributed by atoms with Crippen LogP contribution in [0.5, 0.6) is 0 Å². The molecule has 1 N–H and O–H groups in total. The van der Waals surface area contributed by atoms with Crippen molar-refractivity contribution >= 4 is 11.9 Å². The van der Waals surface area contributed by atoms with Crippen LogP contribution in [0, 0.1) is 5.41 Å². The molecule has 1 unspecified atom stereocenters. The minimum Gasteiger partial charge on any atom is -0.481 e. The lowest BCUT2D eigenvalue weighted by atomic mass is 9.94. The van der Waals surface area contributed by atoms with E-state index < -0.39 is 24.6 Å². The van der Waals surface area contributed by atoms with E-state index in [9.17, 15) is 9.59 Å². The molecule has 0 bridgehead atoms. The molecule has 1 rings (SSSR count). The Bertz CT molecular complexity index is 312. The van der Waals surface area contributed by atoms with Crippen LogP contribution in [-0.4, -0.2) is 29.4 Å². The van der Waals surface area contributed by atoms with Gasteiger partial charge in [0.2, 0.25) is 6.29 Å². The molecular formula is C14H24O5. The maximum absolute atomic E-state index is 11.5. The van der Waals surface area contributed by atoms with Gasteiger partial charge in [-0.15, -0.1) is 0 Å². The molecule has 1 saturated carbocycles. The monoisotopic (exact) mass is 272 g/mol. The Kier molecular flexibility index (Phi) is 5.79. The third-order valence-corrected chi connectivity index (χ3v) is 3.11. The van der Waals surface area contributed by atoms with Crippen LogP contribution in [0.2, 0.25) is 0 Å². The molecule has 0 saturated heterocycles. The summed E-state index contributed by atoms with van der Waals surface area (Å²) in [4.78, 5) is 22.0. The van der Waals surface area contributed by atoms with Crippen LogP contribution in [0.1, 0.15) is 59.3 Å². The summed E-state index contributed by atoms with van der Waals surface area (Å²) in [5.41, 5.74) is -0.369. The zero-order valence-electron chi connectivity index (χ0n) is 12.0. The average molecular weight is 272 g/mol. The minimum absolute atomic E-state index is 0.107. The summed E-state index contributed by atoms with van der Waals surface area (Å²) in [6.07, 6.45) is 4.22. The first-order chi connectivity index (χ1) is 8.79. The van der Waals surface area contributed by atoms with Gasteiger partial charge in [-0.3, -0.25) is 9.59 Å². The number of hydrogen-bond acceptors (Lipinski definition) is 4. The lowest BCUT2D eigenvalue weighted by Gasteiger charge is -2.34. The van der Waals surface area contributed by atoms with E-state index in [2.05, 4.69) is 0 Å². The van der Waals surface area contributed by atoms with Crippen LogP contribution < -0.4 is 0 Å². The van der Waals surface area contributed by atoms with Gasteiger partial charge < -0.3 is 14.6 Å². The van der Waals surface area contributed by atoms with Gasteiger partial charge in [0, 0.05) is 5.41 Å². The molecule has 19 heavy (non-hydrogen) atoms. The summed E-state index contributed by atoms with van der Waals surface area (Å²) >= 11 is 0. The second-order valence-electron chi connectivity index (χ2n) is 6.15. The molecule has 0 aliphatic heterocycles. The number of aliphatic carboxylic acids is 1. The quantitative estimate of drug-likeness (QED) is 0.473. The highest BCUT2D eigenvalue weighted by atomic mass is 16.7. The fourth-order valence-corrected chi connectivity index (χ4v) is 2.07. The van der Waals surface area contributed by atoms with Crippen molar-refractivity contribution in [3.63, 3.8) is 0 Å². The highest BCUT2D eigenvalue weighted by Crippen LogP contribution is 2.29. The molecule has 1 atom stereocenters. The van der Waals surface area contributed by atoms with Crippen LogP contribution in [0.25, 0.3) is 0 Å². The number of esters is 1. The number of ether oxygens (including phenoxy) is 2. The molecule has 110 valence electrons. The smallest absolute Gasteiger partial charge is 0.319 e. The van der Waals surface area contributed by atoms with Crippen molar-refractivity contribution in [3.8, 4) is 0 Å². The van der Waals surface area contributed by atoms with Crippen LogP contribution >= 0.6 is 0 Å². The summed E-state index contributed by atoms with van der Waals surface area (Å²) in [7, 11) is 0. The van der Waals surface area contributed by atoms with E-state index in [0.29, 0.717) is 0 Å². The Morgan fingerprint density at radius 3 is 2.26 bits per heavy atom. The van der Waals surface area contributed by atoms with Gasteiger partial charge in [0.15, 0.2) is 0 Å². The van der Waals surface area contributed by atoms with Crippen molar-refractivity contribution in [2.75, 3.05) is 0 Å². The van der Waals surface area contributed by atoms with Crippen LogP contribution in [0.4, 0.5) is 0 Å². The molecule has 0 aromatic heterocycles. The van der Waals surface area contributed by atoms with Crippen molar-refractivity contribution in [1.82, 2.24) is 0 Å². The lowest BCUT2D eigenvalue weighted by Crippen LogP contribution is -2.38. The van der Waals surface area contributed by atoms with Gasteiger partial charge in [-0.25, -0.2) is 0 Å². The van der Waals surface area contributed by atoms with Crippen molar-refractivity contribution < 1.29 is 24.2 Å². The molecule has 0 aromatic rings. The molecular weight excluding hydrogens is 248 g/mol. The summed E-state index contributed by atoms with van der Waals surface area (Å²) in [5, 5.41) is 8.58. The SMILES string of the molecule is CC(C)(C)C(OC(=O)CC(=O)O)OC1CCCCC1. The van der Waals surface area contributed by atoms with Crippen LogP contribution in [0.15, 0.2) is 0 Å². The summed E-state index contributed by atoms with van der Waals surface area (Å²) in [5.74, 6) is -1.93.